The lowest BCUT2D eigenvalue weighted by molar-refractivity contribution is -0.142. The molecule has 0 aliphatic rings. The molecule has 2 atom stereocenters. The summed E-state index contributed by atoms with van der Waals surface area (Å²) in [5, 5.41) is 39.6. The van der Waals surface area contributed by atoms with Gasteiger partial charge >= 0.3 is 11.9 Å². The molecule has 12 nitrogen and oxygen atoms in total. The number of phenolic OH excluding ortho intramolecular Hbond substituents is 2. The van der Waals surface area contributed by atoms with E-state index in [0.29, 0.717) is 11.1 Å². The van der Waals surface area contributed by atoms with Crippen molar-refractivity contribution in [3.8, 4) is 23.0 Å². The van der Waals surface area contributed by atoms with E-state index in [4.69, 9.17) is 14.2 Å². The highest BCUT2D eigenvalue weighted by molar-refractivity contribution is 6.11. The van der Waals surface area contributed by atoms with Gasteiger partial charge in [0.05, 0.1) is 11.1 Å². The molecule has 0 saturated carbocycles. The number of aliphatic hydroxyl groups is 2. The van der Waals surface area contributed by atoms with Crippen LogP contribution in [0, 0.1) is 0 Å². The lowest BCUT2D eigenvalue weighted by Crippen LogP contribution is -2.25. The van der Waals surface area contributed by atoms with Crippen LogP contribution in [0.2, 0.25) is 0 Å². The molecular formula is C39H38O12. The van der Waals surface area contributed by atoms with Crippen molar-refractivity contribution in [1.29, 1.82) is 0 Å². The molecule has 0 heterocycles. The number of carbonyl (C=O) groups is 4. The molecule has 2 unspecified atom stereocenters. The molecule has 0 bridgehead atoms. The zero-order valence-corrected chi connectivity index (χ0v) is 27.8. The highest BCUT2D eigenvalue weighted by atomic mass is 16.6. The largest absolute Gasteiger partial charge is 0.507 e. The van der Waals surface area contributed by atoms with Gasteiger partial charge in [-0.1, -0.05) is 73.8 Å². The second-order valence-electron chi connectivity index (χ2n) is 10.9. The van der Waals surface area contributed by atoms with E-state index in [0.717, 1.165) is 6.08 Å². The third-order valence-electron chi connectivity index (χ3n) is 6.72. The second kappa shape index (κ2) is 19.7. The van der Waals surface area contributed by atoms with E-state index in [1.165, 1.54) is 43.3 Å². The van der Waals surface area contributed by atoms with Crippen LogP contribution in [-0.2, 0) is 19.1 Å². The van der Waals surface area contributed by atoms with E-state index >= 15 is 0 Å². The number of carbonyl (C=O) groups excluding carboxylic acids is 4. The average Bonchev–Trinajstić information content (AvgIpc) is 3.14. The topological polar surface area (TPSA) is 186 Å². The second-order valence-corrected chi connectivity index (χ2v) is 10.9. The summed E-state index contributed by atoms with van der Waals surface area (Å²) in [4.78, 5) is 46.8. The number of hydrogen-bond acceptors (Lipinski definition) is 12. The summed E-state index contributed by atoms with van der Waals surface area (Å²) < 4.78 is 20.2. The van der Waals surface area contributed by atoms with Gasteiger partial charge in [0.25, 0.3) is 0 Å². The van der Waals surface area contributed by atoms with Crippen molar-refractivity contribution >= 4 is 23.5 Å². The Kier molecular flexibility index (Phi) is 15.1. The van der Waals surface area contributed by atoms with Crippen LogP contribution < -0.4 is 9.47 Å². The van der Waals surface area contributed by atoms with Crippen molar-refractivity contribution in [2.45, 2.75) is 19.1 Å². The van der Waals surface area contributed by atoms with Gasteiger partial charge in [-0.2, -0.15) is 0 Å². The maximum atomic E-state index is 12.4. The lowest BCUT2D eigenvalue weighted by atomic mass is 10.0. The smallest absolute Gasteiger partial charge is 0.333 e. The monoisotopic (exact) mass is 698 g/mol. The number of benzene rings is 4. The van der Waals surface area contributed by atoms with Crippen LogP contribution in [0.3, 0.4) is 0 Å². The van der Waals surface area contributed by atoms with E-state index in [1.54, 1.807) is 60.7 Å². The number of rotatable bonds is 16. The van der Waals surface area contributed by atoms with Crippen molar-refractivity contribution < 1.29 is 58.6 Å². The van der Waals surface area contributed by atoms with Crippen molar-refractivity contribution in [3.63, 3.8) is 0 Å². The van der Waals surface area contributed by atoms with Gasteiger partial charge in [-0.15, -0.1) is 0 Å². The quantitative estimate of drug-likeness (QED) is 0.0727. The van der Waals surface area contributed by atoms with Gasteiger partial charge in [0.2, 0.25) is 0 Å². The Morgan fingerprint density at radius 3 is 1.43 bits per heavy atom. The summed E-state index contributed by atoms with van der Waals surface area (Å²) in [6.07, 6.45) is -1.07. The van der Waals surface area contributed by atoms with E-state index in [9.17, 15) is 39.6 Å². The predicted octanol–water partition coefficient (Wildman–Crippen LogP) is 4.57. The molecule has 0 saturated heterocycles. The summed E-state index contributed by atoms with van der Waals surface area (Å²) in [7, 11) is 0. The van der Waals surface area contributed by atoms with Crippen LogP contribution in [0.15, 0.2) is 122 Å². The lowest BCUT2D eigenvalue weighted by Gasteiger charge is -2.13. The van der Waals surface area contributed by atoms with Gasteiger partial charge in [0.1, 0.15) is 61.6 Å². The number of esters is 2. The van der Waals surface area contributed by atoms with Crippen LogP contribution in [0.5, 0.6) is 23.0 Å². The molecule has 0 radical (unpaired) electrons. The highest BCUT2D eigenvalue weighted by Gasteiger charge is 2.17. The third kappa shape index (κ3) is 12.6. The van der Waals surface area contributed by atoms with Crippen molar-refractivity contribution in [1.82, 2.24) is 0 Å². The van der Waals surface area contributed by atoms with Crippen LogP contribution >= 0.6 is 0 Å². The molecule has 4 rings (SSSR count). The van der Waals surface area contributed by atoms with Crippen molar-refractivity contribution in [3.05, 3.63) is 144 Å². The summed E-state index contributed by atoms with van der Waals surface area (Å²) in [5.41, 5.74) is 1.47. The van der Waals surface area contributed by atoms with Crippen molar-refractivity contribution in [2.24, 2.45) is 0 Å². The van der Waals surface area contributed by atoms with Gasteiger partial charge in [0.15, 0.2) is 11.6 Å². The SMILES string of the molecule is C=C(C)C(=O)OCC(O)COc1ccc(C(=O)c2ccccc2)c(O)c1.C=CC(=O)OCC(O)COc1ccc(C(=O)c2ccccc2)c(O)c1. The first-order chi connectivity index (χ1) is 24.4. The van der Waals surface area contributed by atoms with Crippen LogP contribution in [-0.4, -0.2) is 82.6 Å². The fourth-order valence-electron chi connectivity index (χ4n) is 4.09. The highest BCUT2D eigenvalue weighted by Crippen LogP contribution is 2.27. The van der Waals surface area contributed by atoms with Crippen LogP contribution in [0.4, 0.5) is 0 Å². The fraction of sp³-hybridized carbons (Fsp3) is 0.179. The van der Waals surface area contributed by atoms with E-state index in [2.05, 4.69) is 17.9 Å². The molecule has 4 N–H and O–H groups in total. The zero-order valence-electron chi connectivity index (χ0n) is 27.8. The molecule has 0 fully saturated rings. The van der Waals surface area contributed by atoms with E-state index in [1.807, 2.05) is 0 Å². The van der Waals surface area contributed by atoms with Crippen molar-refractivity contribution in [2.75, 3.05) is 26.4 Å². The van der Waals surface area contributed by atoms with Gasteiger partial charge in [-0.3, -0.25) is 9.59 Å². The number of aliphatic hydroxyl groups excluding tert-OH is 2. The minimum Gasteiger partial charge on any atom is -0.507 e. The number of ether oxygens (including phenoxy) is 4. The van der Waals surface area contributed by atoms with Gasteiger partial charge in [-0.25, -0.2) is 9.59 Å². The Bertz CT molecular complexity index is 1820. The molecular weight excluding hydrogens is 660 g/mol. The molecule has 4 aromatic rings. The molecule has 0 amide bonds. The Morgan fingerprint density at radius 2 is 1.06 bits per heavy atom. The summed E-state index contributed by atoms with van der Waals surface area (Å²) in [6.45, 7) is 7.43. The standard InChI is InChI=1S/C20H20O6.C19H18O6/c1-13(2)20(24)26-12-15(21)11-25-16-8-9-17(18(22)10-16)19(23)14-6-4-3-5-7-14;1-2-18(22)25-12-14(20)11-24-15-8-9-16(17(21)10-15)19(23)13-6-4-3-5-7-13/h3-10,15,21-22H,1,11-12H2,2H3;2-10,14,20-21H,1,11-12H2. The number of ketones is 2. The molecule has 0 aromatic heterocycles. The minimum absolute atomic E-state index is 0.143. The Morgan fingerprint density at radius 1 is 0.647 bits per heavy atom. The average molecular weight is 699 g/mol. The molecule has 0 aliphatic carbocycles. The molecule has 51 heavy (non-hydrogen) atoms. The molecule has 12 heteroatoms. The van der Waals surface area contributed by atoms with Gasteiger partial charge in [0, 0.05) is 34.9 Å². The zero-order chi connectivity index (χ0) is 37.3. The summed E-state index contributed by atoms with van der Waals surface area (Å²) in [6, 6.07) is 25.7. The first-order valence-corrected chi connectivity index (χ1v) is 15.5. The molecule has 4 aromatic carbocycles. The fourth-order valence-corrected chi connectivity index (χ4v) is 4.09. The van der Waals surface area contributed by atoms with E-state index in [-0.39, 0.29) is 77.7 Å². The number of hydrogen-bond donors (Lipinski definition) is 4. The molecule has 266 valence electrons. The summed E-state index contributed by atoms with van der Waals surface area (Å²) >= 11 is 0. The van der Waals surface area contributed by atoms with Crippen LogP contribution in [0.1, 0.15) is 38.8 Å². The molecule has 0 aliphatic heterocycles. The first-order valence-electron chi connectivity index (χ1n) is 15.5. The maximum Gasteiger partial charge on any atom is 0.333 e. The molecule has 0 spiro atoms. The maximum absolute atomic E-state index is 12.4. The first kappa shape index (κ1) is 39.2. The number of aromatic hydroxyl groups is 2. The normalized spacial score (nSPS) is 11.4. The van der Waals surface area contributed by atoms with E-state index < -0.39 is 24.1 Å². The third-order valence-corrected chi connectivity index (χ3v) is 6.72. The van der Waals surface area contributed by atoms with Crippen LogP contribution in [0.25, 0.3) is 0 Å². The minimum atomic E-state index is -1.04. The van der Waals surface area contributed by atoms with Gasteiger partial charge in [-0.05, 0) is 31.2 Å². The number of phenols is 2. The summed E-state index contributed by atoms with van der Waals surface area (Å²) in [5.74, 6) is -1.74. The van der Waals surface area contributed by atoms with Gasteiger partial charge < -0.3 is 39.4 Å². The Hall–Kier alpha value is -6.24. The predicted molar refractivity (Wildman–Crippen MR) is 186 cm³/mol. The Labute approximate surface area is 294 Å². The Balaban J connectivity index is 0.000000276.